The van der Waals surface area contributed by atoms with Gasteiger partial charge in [-0.2, -0.15) is 0 Å². The van der Waals surface area contributed by atoms with Gasteiger partial charge >= 0.3 is 0 Å². The molecule has 2 aromatic carbocycles. The topological polar surface area (TPSA) is 0 Å². The van der Waals surface area contributed by atoms with Crippen molar-refractivity contribution in [2.75, 3.05) is 0 Å². The molecular formula is C14H9Br2ClF2. The number of benzene rings is 2. The number of hydrogen-bond donors (Lipinski definition) is 0. The lowest BCUT2D eigenvalue weighted by Gasteiger charge is -2.12. The molecule has 2 rings (SSSR count). The molecule has 0 saturated carbocycles. The minimum Gasteiger partial charge on any atom is -0.207 e. The SMILES string of the molecule is Fc1ccc(CC(Cl)c2cc(Br)cc(Br)c2)c(F)c1. The Morgan fingerprint density at radius 2 is 1.63 bits per heavy atom. The third-order valence-electron chi connectivity index (χ3n) is 2.66. The standard InChI is InChI=1S/C14H9Br2ClF2/c15-10-3-9(4-11(16)6-10)13(17)5-8-1-2-12(18)7-14(8)19/h1-4,6-7,13H,5H2. The molecular weight excluding hydrogens is 401 g/mol. The molecule has 0 spiro atoms. The maximum atomic E-state index is 13.6. The zero-order valence-corrected chi connectivity index (χ0v) is 13.6. The molecule has 100 valence electrons. The van der Waals surface area contributed by atoms with E-state index < -0.39 is 11.6 Å². The molecule has 0 aliphatic carbocycles. The van der Waals surface area contributed by atoms with Crippen LogP contribution in [0.4, 0.5) is 8.78 Å². The summed E-state index contributed by atoms with van der Waals surface area (Å²) in [7, 11) is 0. The van der Waals surface area contributed by atoms with E-state index >= 15 is 0 Å². The lowest BCUT2D eigenvalue weighted by Crippen LogP contribution is -1.99. The first-order chi connectivity index (χ1) is 8.95. The van der Waals surface area contributed by atoms with Gasteiger partial charge in [0.2, 0.25) is 0 Å². The first-order valence-electron chi connectivity index (χ1n) is 5.49. The summed E-state index contributed by atoms with van der Waals surface area (Å²) in [6.45, 7) is 0. The van der Waals surface area contributed by atoms with Gasteiger partial charge in [0.05, 0.1) is 5.38 Å². The number of halogens is 5. The molecule has 2 aromatic rings. The summed E-state index contributed by atoms with van der Waals surface area (Å²) < 4.78 is 28.2. The molecule has 0 amide bonds. The van der Waals surface area contributed by atoms with E-state index in [-0.39, 0.29) is 5.38 Å². The van der Waals surface area contributed by atoms with Gasteiger partial charge in [0, 0.05) is 15.0 Å². The summed E-state index contributed by atoms with van der Waals surface area (Å²) >= 11 is 13.1. The molecule has 1 atom stereocenters. The van der Waals surface area contributed by atoms with Gasteiger partial charge in [-0.3, -0.25) is 0 Å². The second-order valence-corrected chi connectivity index (χ2v) is 6.47. The summed E-state index contributed by atoms with van der Waals surface area (Å²) in [4.78, 5) is 0. The molecule has 5 heteroatoms. The molecule has 0 saturated heterocycles. The Labute approximate surface area is 132 Å². The monoisotopic (exact) mass is 408 g/mol. The summed E-state index contributed by atoms with van der Waals surface area (Å²) in [5, 5.41) is -0.381. The average molecular weight is 410 g/mol. The van der Waals surface area contributed by atoms with Gasteiger partial charge in [-0.05, 0) is 41.8 Å². The second kappa shape index (κ2) is 6.33. The highest BCUT2D eigenvalue weighted by molar-refractivity contribution is 9.11. The van der Waals surface area contributed by atoms with E-state index in [9.17, 15) is 8.78 Å². The second-order valence-electron chi connectivity index (χ2n) is 4.11. The maximum Gasteiger partial charge on any atom is 0.129 e. The van der Waals surface area contributed by atoms with Crippen LogP contribution in [0.5, 0.6) is 0 Å². The lowest BCUT2D eigenvalue weighted by molar-refractivity contribution is 0.570. The van der Waals surface area contributed by atoms with E-state index in [1.165, 1.54) is 12.1 Å². The van der Waals surface area contributed by atoms with Crippen LogP contribution in [0.1, 0.15) is 16.5 Å². The van der Waals surface area contributed by atoms with Crippen LogP contribution in [0, 0.1) is 11.6 Å². The fourth-order valence-corrected chi connectivity index (χ4v) is 3.38. The van der Waals surface area contributed by atoms with Crippen molar-refractivity contribution in [1.29, 1.82) is 0 Å². The summed E-state index contributed by atoms with van der Waals surface area (Å²) in [6, 6.07) is 9.18. The van der Waals surface area contributed by atoms with Gasteiger partial charge in [0.15, 0.2) is 0 Å². The normalized spacial score (nSPS) is 12.5. The van der Waals surface area contributed by atoms with E-state index in [1.807, 2.05) is 18.2 Å². The van der Waals surface area contributed by atoms with E-state index in [0.717, 1.165) is 20.6 Å². The van der Waals surface area contributed by atoms with Crippen molar-refractivity contribution in [1.82, 2.24) is 0 Å². The Balaban J connectivity index is 2.22. The van der Waals surface area contributed by atoms with Crippen LogP contribution >= 0.6 is 43.5 Å². The van der Waals surface area contributed by atoms with Gasteiger partial charge < -0.3 is 0 Å². The number of rotatable bonds is 3. The Kier molecular flexibility index (Phi) is 4.98. The first-order valence-corrected chi connectivity index (χ1v) is 7.52. The molecule has 0 nitrogen and oxygen atoms in total. The Morgan fingerprint density at radius 1 is 1.00 bits per heavy atom. The van der Waals surface area contributed by atoms with E-state index in [2.05, 4.69) is 31.9 Å². The van der Waals surface area contributed by atoms with Gasteiger partial charge in [-0.25, -0.2) is 8.78 Å². The van der Waals surface area contributed by atoms with Gasteiger partial charge in [-0.1, -0.05) is 37.9 Å². The molecule has 19 heavy (non-hydrogen) atoms. The highest BCUT2D eigenvalue weighted by Crippen LogP contribution is 2.30. The van der Waals surface area contributed by atoms with E-state index in [4.69, 9.17) is 11.6 Å². The summed E-state index contributed by atoms with van der Waals surface area (Å²) in [5.41, 5.74) is 1.27. The van der Waals surface area contributed by atoms with Crippen molar-refractivity contribution in [3.63, 3.8) is 0 Å². The number of alkyl halides is 1. The van der Waals surface area contributed by atoms with Crippen molar-refractivity contribution in [2.45, 2.75) is 11.8 Å². The Hall–Kier alpha value is -0.450. The van der Waals surface area contributed by atoms with Crippen LogP contribution in [-0.4, -0.2) is 0 Å². The quantitative estimate of drug-likeness (QED) is 0.544. The highest BCUT2D eigenvalue weighted by atomic mass is 79.9. The van der Waals surface area contributed by atoms with Crippen LogP contribution in [-0.2, 0) is 6.42 Å². The van der Waals surface area contributed by atoms with Crippen molar-refractivity contribution >= 4 is 43.5 Å². The van der Waals surface area contributed by atoms with Crippen LogP contribution in [0.15, 0.2) is 45.3 Å². The summed E-state index contributed by atoms with van der Waals surface area (Å²) in [6.07, 6.45) is 0.302. The van der Waals surface area contributed by atoms with Crippen molar-refractivity contribution in [2.24, 2.45) is 0 Å². The molecule has 1 unspecified atom stereocenters. The first kappa shape index (κ1) is 14.9. The van der Waals surface area contributed by atoms with Crippen LogP contribution in [0.2, 0.25) is 0 Å². The predicted octanol–water partition coefficient (Wildman–Crippen LogP) is 6.01. The van der Waals surface area contributed by atoms with Gasteiger partial charge in [0.1, 0.15) is 11.6 Å². The predicted molar refractivity (Wildman–Crippen MR) is 80.5 cm³/mol. The van der Waals surface area contributed by atoms with Crippen molar-refractivity contribution < 1.29 is 8.78 Å². The van der Waals surface area contributed by atoms with E-state index in [0.29, 0.717) is 12.0 Å². The van der Waals surface area contributed by atoms with Gasteiger partial charge in [0.25, 0.3) is 0 Å². The molecule has 0 aromatic heterocycles. The zero-order chi connectivity index (χ0) is 14.0. The third kappa shape index (κ3) is 4.01. The average Bonchev–Trinajstić information content (AvgIpc) is 2.31. The summed E-state index contributed by atoms with van der Waals surface area (Å²) in [5.74, 6) is -1.16. The maximum absolute atomic E-state index is 13.6. The smallest absolute Gasteiger partial charge is 0.129 e. The largest absolute Gasteiger partial charge is 0.207 e. The number of hydrogen-bond acceptors (Lipinski definition) is 0. The molecule has 0 N–H and O–H groups in total. The molecule has 0 aliphatic rings. The van der Waals surface area contributed by atoms with Crippen LogP contribution in [0.25, 0.3) is 0 Å². The minimum absolute atomic E-state index is 0.302. The van der Waals surface area contributed by atoms with E-state index in [1.54, 1.807) is 0 Å². The fourth-order valence-electron chi connectivity index (χ4n) is 1.75. The molecule has 0 aliphatic heterocycles. The van der Waals surface area contributed by atoms with Gasteiger partial charge in [-0.15, -0.1) is 11.6 Å². The van der Waals surface area contributed by atoms with Crippen LogP contribution < -0.4 is 0 Å². The molecule has 0 radical (unpaired) electrons. The van der Waals surface area contributed by atoms with Crippen molar-refractivity contribution in [3.8, 4) is 0 Å². The zero-order valence-electron chi connectivity index (χ0n) is 9.64. The van der Waals surface area contributed by atoms with Crippen molar-refractivity contribution in [3.05, 3.63) is 68.1 Å². The lowest BCUT2D eigenvalue weighted by atomic mass is 10.0. The molecule has 0 bridgehead atoms. The highest BCUT2D eigenvalue weighted by Gasteiger charge is 2.13. The van der Waals surface area contributed by atoms with Crippen LogP contribution in [0.3, 0.4) is 0 Å². The Morgan fingerprint density at radius 3 is 2.21 bits per heavy atom. The molecule has 0 fully saturated rings. The molecule has 0 heterocycles. The minimum atomic E-state index is -0.586. The third-order valence-corrected chi connectivity index (χ3v) is 3.98. The Bertz CT molecular complexity index is 582. The fraction of sp³-hybridized carbons (Fsp3) is 0.143.